The van der Waals surface area contributed by atoms with Gasteiger partial charge in [0.15, 0.2) is 0 Å². The second kappa shape index (κ2) is 9.02. The summed E-state index contributed by atoms with van der Waals surface area (Å²) in [5, 5.41) is 3.38. The molecular formula is C24H27F3N2O3. The van der Waals surface area contributed by atoms with Crippen molar-refractivity contribution in [2.75, 3.05) is 20.2 Å². The van der Waals surface area contributed by atoms with Gasteiger partial charge in [0.25, 0.3) is 0 Å². The molecule has 1 fully saturated rings. The Morgan fingerprint density at radius 3 is 2.78 bits per heavy atom. The van der Waals surface area contributed by atoms with E-state index in [1.54, 1.807) is 18.1 Å². The van der Waals surface area contributed by atoms with Crippen molar-refractivity contribution in [2.45, 2.75) is 51.1 Å². The fourth-order valence-corrected chi connectivity index (χ4v) is 4.40. The number of fused-ring (bicyclic) bond motifs is 1. The van der Waals surface area contributed by atoms with E-state index in [1.807, 2.05) is 19.1 Å². The molecule has 1 N–H and O–H groups in total. The molecule has 2 aliphatic heterocycles. The van der Waals surface area contributed by atoms with Gasteiger partial charge in [0.05, 0.1) is 18.7 Å². The molecule has 0 radical (unpaired) electrons. The molecule has 2 unspecified atom stereocenters. The first-order valence-electron chi connectivity index (χ1n) is 10.8. The van der Waals surface area contributed by atoms with Crippen LogP contribution in [0.1, 0.15) is 48.1 Å². The third-order valence-corrected chi connectivity index (χ3v) is 6.01. The third kappa shape index (κ3) is 4.85. The molecule has 0 saturated carbocycles. The number of benzene rings is 2. The van der Waals surface area contributed by atoms with Gasteiger partial charge < -0.3 is 19.7 Å². The summed E-state index contributed by atoms with van der Waals surface area (Å²) in [6, 6.07) is 8.68. The summed E-state index contributed by atoms with van der Waals surface area (Å²) in [5.74, 6) is 1.54. The van der Waals surface area contributed by atoms with Crippen LogP contribution in [0.3, 0.4) is 0 Å². The number of carbonyl (C=O) groups is 1. The highest BCUT2D eigenvalue weighted by Gasteiger charge is 2.32. The van der Waals surface area contributed by atoms with Gasteiger partial charge in [-0.25, -0.2) is 0 Å². The van der Waals surface area contributed by atoms with E-state index >= 15 is 0 Å². The topological polar surface area (TPSA) is 50.8 Å². The smallest absolute Gasteiger partial charge is 0.416 e. The van der Waals surface area contributed by atoms with Crippen LogP contribution in [0.2, 0.25) is 0 Å². The number of methoxy groups -OCH3 is 1. The summed E-state index contributed by atoms with van der Waals surface area (Å²) >= 11 is 0. The number of halogens is 3. The Labute approximate surface area is 185 Å². The predicted octanol–water partition coefficient (Wildman–Crippen LogP) is 4.49. The molecule has 172 valence electrons. The first kappa shape index (κ1) is 22.5. The highest BCUT2D eigenvalue weighted by molar-refractivity contribution is 5.78. The molecule has 2 aromatic carbocycles. The van der Waals surface area contributed by atoms with Gasteiger partial charge in [-0.3, -0.25) is 4.79 Å². The molecule has 2 heterocycles. The zero-order valence-corrected chi connectivity index (χ0v) is 18.2. The first-order valence-corrected chi connectivity index (χ1v) is 10.8. The molecule has 0 aromatic heterocycles. The summed E-state index contributed by atoms with van der Waals surface area (Å²) in [6.45, 7) is 3.29. The van der Waals surface area contributed by atoms with Crippen molar-refractivity contribution >= 4 is 5.91 Å². The maximum atomic E-state index is 13.3. The molecule has 2 aliphatic rings. The summed E-state index contributed by atoms with van der Waals surface area (Å²) in [5.41, 5.74) is 1.73. The quantitative estimate of drug-likeness (QED) is 0.678. The number of likely N-dealkylation sites (tertiary alicyclic amines) is 1. The predicted molar refractivity (Wildman–Crippen MR) is 114 cm³/mol. The lowest BCUT2D eigenvalue weighted by atomic mass is 10.0. The second-order valence-electron chi connectivity index (χ2n) is 8.41. The zero-order valence-electron chi connectivity index (χ0n) is 18.2. The largest absolute Gasteiger partial charge is 0.497 e. The molecule has 2 atom stereocenters. The minimum Gasteiger partial charge on any atom is -0.497 e. The van der Waals surface area contributed by atoms with Crippen LogP contribution in [-0.2, 0) is 23.9 Å². The average Bonchev–Trinajstić information content (AvgIpc) is 3.34. The molecule has 5 nitrogen and oxygen atoms in total. The molecule has 0 aliphatic carbocycles. The SMILES string of the molecule is COc1cc(CNC(CN2CCCC2=O)c2cccc(C(F)(F)F)c2)c2c(c1)CC(C)O2. The van der Waals surface area contributed by atoms with Crippen LogP contribution in [0.15, 0.2) is 36.4 Å². The lowest BCUT2D eigenvalue weighted by Crippen LogP contribution is -2.36. The summed E-state index contributed by atoms with van der Waals surface area (Å²) < 4.78 is 51.3. The van der Waals surface area contributed by atoms with Crippen molar-refractivity contribution in [3.63, 3.8) is 0 Å². The van der Waals surface area contributed by atoms with Crippen molar-refractivity contribution in [3.8, 4) is 11.5 Å². The van der Waals surface area contributed by atoms with E-state index in [1.165, 1.54) is 6.07 Å². The van der Waals surface area contributed by atoms with Gasteiger partial charge in [-0.1, -0.05) is 12.1 Å². The Morgan fingerprint density at radius 1 is 1.28 bits per heavy atom. The first-order chi connectivity index (χ1) is 15.2. The highest BCUT2D eigenvalue weighted by Crippen LogP contribution is 2.37. The zero-order chi connectivity index (χ0) is 22.9. The molecule has 0 spiro atoms. The Kier molecular flexibility index (Phi) is 6.33. The number of nitrogens with one attached hydrogen (secondary N) is 1. The van der Waals surface area contributed by atoms with E-state index in [9.17, 15) is 18.0 Å². The molecule has 2 aromatic rings. The van der Waals surface area contributed by atoms with Crippen LogP contribution < -0.4 is 14.8 Å². The van der Waals surface area contributed by atoms with Gasteiger partial charge in [-0.15, -0.1) is 0 Å². The minimum absolute atomic E-state index is 0.0307. The summed E-state index contributed by atoms with van der Waals surface area (Å²) in [6.07, 6.45) is -2.36. The summed E-state index contributed by atoms with van der Waals surface area (Å²) in [7, 11) is 1.60. The van der Waals surface area contributed by atoms with E-state index in [-0.39, 0.29) is 12.0 Å². The Balaban J connectivity index is 1.61. The normalized spacial score (nSPS) is 19.1. The van der Waals surface area contributed by atoms with Gasteiger partial charge in [-0.05, 0) is 43.2 Å². The van der Waals surface area contributed by atoms with Gasteiger partial charge in [0.2, 0.25) is 5.91 Å². The third-order valence-electron chi connectivity index (χ3n) is 6.01. The van der Waals surface area contributed by atoms with Crippen molar-refractivity contribution in [3.05, 3.63) is 58.7 Å². The van der Waals surface area contributed by atoms with Crippen molar-refractivity contribution in [1.29, 1.82) is 0 Å². The van der Waals surface area contributed by atoms with E-state index in [0.717, 1.165) is 41.9 Å². The highest BCUT2D eigenvalue weighted by atomic mass is 19.4. The monoisotopic (exact) mass is 448 g/mol. The van der Waals surface area contributed by atoms with Crippen molar-refractivity contribution < 1.29 is 27.4 Å². The van der Waals surface area contributed by atoms with Crippen LogP contribution >= 0.6 is 0 Å². The number of nitrogens with zero attached hydrogens (tertiary/aromatic N) is 1. The van der Waals surface area contributed by atoms with Gasteiger partial charge in [-0.2, -0.15) is 13.2 Å². The lowest BCUT2D eigenvalue weighted by Gasteiger charge is -2.26. The van der Waals surface area contributed by atoms with Crippen LogP contribution in [0.5, 0.6) is 11.5 Å². The standard InChI is InChI=1S/C24H27F3N2O3/c1-15-9-17-11-20(31-2)12-18(23(17)32-15)13-28-21(14-29-8-4-7-22(29)30)16-5-3-6-19(10-16)24(25,26)27/h3,5-6,10-12,15,21,28H,4,7-9,13-14H2,1-2H3. The molecule has 32 heavy (non-hydrogen) atoms. The number of carbonyl (C=O) groups excluding carboxylic acids is 1. The Bertz CT molecular complexity index is 993. The second-order valence-corrected chi connectivity index (χ2v) is 8.41. The maximum Gasteiger partial charge on any atom is 0.416 e. The fraction of sp³-hybridized carbons (Fsp3) is 0.458. The molecule has 1 amide bonds. The molecular weight excluding hydrogens is 421 g/mol. The van der Waals surface area contributed by atoms with Gasteiger partial charge in [0, 0.05) is 43.6 Å². The van der Waals surface area contributed by atoms with Crippen LogP contribution in [0, 0.1) is 0 Å². The maximum absolute atomic E-state index is 13.3. The number of ether oxygens (including phenoxy) is 2. The van der Waals surface area contributed by atoms with E-state index in [0.29, 0.717) is 37.4 Å². The number of hydrogen-bond acceptors (Lipinski definition) is 4. The van der Waals surface area contributed by atoms with Crippen LogP contribution in [-0.4, -0.2) is 37.1 Å². The molecule has 0 bridgehead atoms. The van der Waals surface area contributed by atoms with E-state index in [2.05, 4.69) is 5.32 Å². The minimum atomic E-state index is -4.43. The number of hydrogen-bond donors (Lipinski definition) is 1. The van der Waals surface area contributed by atoms with Crippen LogP contribution in [0.25, 0.3) is 0 Å². The van der Waals surface area contributed by atoms with Gasteiger partial charge in [0.1, 0.15) is 17.6 Å². The fourth-order valence-electron chi connectivity index (χ4n) is 4.40. The lowest BCUT2D eigenvalue weighted by molar-refractivity contribution is -0.137. The van der Waals surface area contributed by atoms with Crippen LogP contribution in [0.4, 0.5) is 13.2 Å². The van der Waals surface area contributed by atoms with E-state index < -0.39 is 17.8 Å². The number of rotatable bonds is 7. The van der Waals surface area contributed by atoms with E-state index in [4.69, 9.17) is 9.47 Å². The van der Waals surface area contributed by atoms with Crippen molar-refractivity contribution in [1.82, 2.24) is 10.2 Å². The number of alkyl halides is 3. The molecule has 4 rings (SSSR count). The van der Waals surface area contributed by atoms with Gasteiger partial charge >= 0.3 is 6.18 Å². The molecule has 1 saturated heterocycles. The average molecular weight is 448 g/mol. The Hall–Kier alpha value is -2.74. The summed E-state index contributed by atoms with van der Waals surface area (Å²) in [4.78, 5) is 13.9. The van der Waals surface area contributed by atoms with Crippen molar-refractivity contribution in [2.24, 2.45) is 0 Å². The molecule has 8 heteroatoms. The number of amides is 1. The Morgan fingerprint density at radius 2 is 2.09 bits per heavy atom.